The van der Waals surface area contributed by atoms with Gasteiger partial charge in [-0.1, -0.05) is 32.0 Å². The molecule has 0 aliphatic carbocycles. The maximum atomic E-state index is 5.67. The molecule has 4 heteroatoms. The molecule has 4 nitrogen and oxygen atoms in total. The minimum atomic E-state index is 0.596. The smallest absolute Gasteiger partial charge is 0.248 e. The van der Waals surface area contributed by atoms with Gasteiger partial charge >= 0.3 is 0 Å². The molecule has 0 radical (unpaired) electrons. The van der Waals surface area contributed by atoms with Crippen LogP contribution in [0.25, 0.3) is 11.5 Å². The van der Waals surface area contributed by atoms with Crippen molar-refractivity contribution in [3.63, 3.8) is 0 Å². The zero-order chi connectivity index (χ0) is 13.7. The number of benzene rings is 1. The molecule has 1 heterocycles. The highest BCUT2D eigenvalue weighted by Gasteiger charge is 2.09. The molecule has 2 aromatic rings. The molecule has 0 unspecified atom stereocenters. The second-order valence-electron chi connectivity index (χ2n) is 5.18. The first-order valence-electron chi connectivity index (χ1n) is 6.76. The van der Waals surface area contributed by atoms with E-state index in [1.165, 1.54) is 0 Å². The van der Waals surface area contributed by atoms with Gasteiger partial charge in [0.15, 0.2) is 0 Å². The zero-order valence-corrected chi connectivity index (χ0v) is 11.8. The van der Waals surface area contributed by atoms with E-state index in [2.05, 4.69) is 29.4 Å². The van der Waals surface area contributed by atoms with E-state index in [1.807, 2.05) is 31.2 Å². The monoisotopic (exact) mass is 259 g/mol. The summed E-state index contributed by atoms with van der Waals surface area (Å²) in [4.78, 5) is 0. The topological polar surface area (TPSA) is 51.0 Å². The van der Waals surface area contributed by atoms with E-state index in [0.29, 0.717) is 24.2 Å². The molecule has 0 saturated carbocycles. The largest absolute Gasteiger partial charge is 0.419 e. The van der Waals surface area contributed by atoms with Crippen LogP contribution in [-0.2, 0) is 6.54 Å². The molecule has 0 atom stereocenters. The van der Waals surface area contributed by atoms with E-state index in [-0.39, 0.29) is 0 Å². The Morgan fingerprint density at radius 1 is 1.21 bits per heavy atom. The summed E-state index contributed by atoms with van der Waals surface area (Å²) in [7, 11) is 0. The summed E-state index contributed by atoms with van der Waals surface area (Å²) in [5.41, 5.74) is 2.15. The van der Waals surface area contributed by atoms with Gasteiger partial charge < -0.3 is 9.73 Å². The molecule has 19 heavy (non-hydrogen) atoms. The van der Waals surface area contributed by atoms with Crippen molar-refractivity contribution < 1.29 is 4.42 Å². The van der Waals surface area contributed by atoms with E-state index in [9.17, 15) is 0 Å². The van der Waals surface area contributed by atoms with Gasteiger partial charge in [-0.3, -0.25) is 0 Å². The van der Waals surface area contributed by atoms with Crippen molar-refractivity contribution in [2.45, 2.75) is 33.7 Å². The van der Waals surface area contributed by atoms with E-state index in [1.54, 1.807) is 0 Å². The minimum Gasteiger partial charge on any atom is -0.419 e. The van der Waals surface area contributed by atoms with Crippen LogP contribution in [0.5, 0.6) is 0 Å². The molecular formula is C15H21N3O. The van der Waals surface area contributed by atoms with Crippen LogP contribution in [0.1, 0.15) is 31.7 Å². The number of aryl methyl sites for hydroxylation is 1. The highest BCUT2D eigenvalue weighted by molar-refractivity contribution is 5.57. The van der Waals surface area contributed by atoms with E-state index in [0.717, 1.165) is 24.1 Å². The fraction of sp³-hybridized carbons (Fsp3) is 0.467. The molecule has 102 valence electrons. The van der Waals surface area contributed by atoms with Crippen molar-refractivity contribution in [3.8, 4) is 11.5 Å². The summed E-state index contributed by atoms with van der Waals surface area (Å²) in [5.74, 6) is 1.94. The van der Waals surface area contributed by atoms with Gasteiger partial charge in [0.2, 0.25) is 11.8 Å². The quantitative estimate of drug-likeness (QED) is 0.809. The Kier molecular flexibility index (Phi) is 4.68. The lowest BCUT2D eigenvalue weighted by Gasteiger charge is -2.04. The number of rotatable bonds is 6. The zero-order valence-electron chi connectivity index (χ0n) is 11.8. The number of aromatic nitrogens is 2. The minimum absolute atomic E-state index is 0.596. The maximum absolute atomic E-state index is 5.67. The highest BCUT2D eigenvalue weighted by Crippen LogP contribution is 2.21. The van der Waals surface area contributed by atoms with Crippen molar-refractivity contribution in [2.75, 3.05) is 6.54 Å². The summed E-state index contributed by atoms with van der Waals surface area (Å²) >= 11 is 0. The van der Waals surface area contributed by atoms with Crippen molar-refractivity contribution in [2.24, 2.45) is 5.92 Å². The van der Waals surface area contributed by atoms with Crippen LogP contribution in [-0.4, -0.2) is 16.7 Å². The van der Waals surface area contributed by atoms with E-state index < -0.39 is 0 Å². The number of nitrogens with zero attached hydrogens (tertiary/aromatic N) is 2. The second-order valence-corrected chi connectivity index (χ2v) is 5.18. The molecule has 1 aromatic heterocycles. The van der Waals surface area contributed by atoms with Gasteiger partial charge in [-0.2, -0.15) is 0 Å². The SMILES string of the molecule is Cc1ccccc1-c1nnc(CNCCC(C)C)o1. The Hall–Kier alpha value is -1.68. The maximum Gasteiger partial charge on any atom is 0.248 e. The summed E-state index contributed by atoms with van der Waals surface area (Å²) in [6.07, 6.45) is 1.15. The fourth-order valence-corrected chi connectivity index (χ4v) is 1.83. The third kappa shape index (κ3) is 3.89. The predicted octanol–water partition coefficient (Wildman–Crippen LogP) is 3.18. The molecule has 0 spiro atoms. The van der Waals surface area contributed by atoms with Crippen LogP contribution < -0.4 is 5.32 Å². The van der Waals surface area contributed by atoms with Gasteiger partial charge in [0.1, 0.15) is 0 Å². The number of hydrogen-bond donors (Lipinski definition) is 1. The van der Waals surface area contributed by atoms with Gasteiger partial charge in [0.25, 0.3) is 0 Å². The Morgan fingerprint density at radius 3 is 2.74 bits per heavy atom. The van der Waals surface area contributed by atoms with Crippen molar-refractivity contribution in [3.05, 3.63) is 35.7 Å². The van der Waals surface area contributed by atoms with Crippen LogP contribution in [0.15, 0.2) is 28.7 Å². The fourth-order valence-electron chi connectivity index (χ4n) is 1.83. The second kappa shape index (κ2) is 6.48. The lowest BCUT2D eigenvalue weighted by molar-refractivity contribution is 0.461. The van der Waals surface area contributed by atoms with E-state index in [4.69, 9.17) is 4.42 Å². The number of nitrogens with one attached hydrogen (secondary N) is 1. The first-order valence-corrected chi connectivity index (χ1v) is 6.76. The Morgan fingerprint density at radius 2 is 2.00 bits per heavy atom. The lowest BCUT2D eigenvalue weighted by Crippen LogP contribution is -2.16. The molecular weight excluding hydrogens is 238 g/mol. The van der Waals surface area contributed by atoms with Crippen LogP contribution in [0.2, 0.25) is 0 Å². The molecule has 2 rings (SSSR count). The third-order valence-corrected chi connectivity index (χ3v) is 3.02. The normalized spacial score (nSPS) is 11.2. The highest BCUT2D eigenvalue weighted by atomic mass is 16.4. The van der Waals surface area contributed by atoms with E-state index >= 15 is 0 Å². The van der Waals surface area contributed by atoms with Crippen molar-refractivity contribution >= 4 is 0 Å². The van der Waals surface area contributed by atoms with Crippen LogP contribution in [0.3, 0.4) is 0 Å². The van der Waals surface area contributed by atoms with Crippen molar-refractivity contribution in [1.82, 2.24) is 15.5 Å². The molecule has 0 amide bonds. The van der Waals surface area contributed by atoms with Crippen LogP contribution in [0.4, 0.5) is 0 Å². The molecule has 0 aliphatic rings. The first-order chi connectivity index (χ1) is 9.16. The summed E-state index contributed by atoms with van der Waals surface area (Å²) in [5, 5.41) is 11.5. The number of hydrogen-bond acceptors (Lipinski definition) is 4. The molecule has 1 N–H and O–H groups in total. The lowest BCUT2D eigenvalue weighted by atomic mass is 10.1. The summed E-state index contributed by atoms with van der Waals surface area (Å²) < 4.78 is 5.67. The molecule has 0 bridgehead atoms. The van der Waals surface area contributed by atoms with Gasteiger partial charge in [-0.25, -0.2) is 0 Å². The molecule has 0 aliphatic heterocycles. The Balaban J connectivity index is 1.94. The summed E-state index contributed by atoms with van der Waals surface area (Å²) in [6.45, 7) is 8.07. The first kappa shape index (κ1) is 13.7. The van der Waals surface area contributed by atoms with Crippen LogP contribution >= 0.6 is 0 Å². The van der Waals surface area contributed by atoms with Gasteiger partial charge in [0, 0.05) is 5.56 Å². The third-order valence-electron chi connectivity index (χ3n) is 3.02. The average molecular weight is 259 g/mol. The molecule has 1 aromatic carbocycles. The standard InChI is InChI=1S/C15H21N3O/c1-11(2)8-9-16-10-14-17-18-15(19-14)13-7-5-4-6-12(13)3/h4-7,11,16H,8-10H2,1-3H3. The van der Waals surface area contributed by atoms with Crippen LogP contribution in [0, 0.1) is 12.8 Å². The average Bonchev–Trinajstić information content (AvgIpc) is 2.83. The van der Waals surface area contributed by atoms with Gasteiger partial charge in [-0.05, 0) is 37.4 Å². The van der Waals surface area contributed by atoms with Crippen molar-refractivity contribution in [1.29, 1.82) is 0 Å². The van der Waals surface area contributed by atoms with Gasteiger partial charge in [0.05, 0.1) is 6.54 Å². The Bertz CT molecular complexity index is 520. The molecule has 0 saturated heterocycles. The molecule has 0 fully saturated rings. The van der Waals surface area contributed by atoms with Gasteiger partial charge in [-0.15, -0.1) is 10.2 Å². The predicted molar refractivity (Wildman–Crippen MR) is 75.6 cm³/mol. The Labute approximate surface area is 114 Å². The summed E-state index contributed by atoms with van der Waals surface area (Å²) in [6, 6.07) is 8.02.